The van der Waals surface area contributed by atoms with Crippen molar-refractivity contribution in [2.45, 2.75) is 45.1 Å². The quantitative estimate of drug-likeness (QED) is 0.632. The summed E-state index contributed by atoms with van der Waals surface area (Å²) in [4.78, 5) is 0. The Kier molecular flexibility index (Phi) is 2.40. The van der Waals surface area contributed by atoms with E-state index >= 15 is 0 Å². The van der Waals surface area contributed by atoms with E-state index in [0.29, 0.717) is 0 Å². The highest BCUT2D eigenvalue weighted by atomic mass is 14.9. The van der Waals surface area contributed by atoms with Gasteiger partial charge in [0.1, 0.15) is 0 Å². The summed E-state index contributed by atoms with van der Waals surface area (Å²) < 4.78 is 0. The molecule has 1 nitrogen and oxygen atoms in total. The lowest BCUT2D eigenvalue weighted by Gasteiger charge is -2.31. The van der Waals surface area contributed by atoms with Gasteiger partial charge in [-0.25, -0.2) is 0 Å². The maximum absolute atomic E-state index is 3.43. The monoisotopic (exact) mass is 167 g/mol. The average molecular weight is 167 g/mol. The van der Waals surface area contributed by atoms with Gasteiger partial charge < -0.3 is 5.32 Å². The number of rotatable bonds is 1. The Morgan fingerprint density at radius 2 is 1.75 bits per heavy atom. The van der Waals surface area contributed by atoms with Gasteiger partial charge in [-0.1, -0.05) is 6.92 Å². The zero-order valence-electron chi connectivity index (χ0n) is 8.34. The number of hydrogen-bond donors (Lipinski definition) is 1. The van der Waals surface area contributed by atoms with Crippen molar-refractivity contribution in [3.05, 3.63) is 0 Å². The van der Waals surface area contributed by atoms with E-state index in [4.69, 9.17) is 0 Å². The molecule has 2 aliphatic carbocycles. The van der Waals surface area contributed by atoms with Crippen LogP contribution in [0.2, 0.25) is 0 Å². The molecule has 0 amide bonds. The standard InChI is InChI=1S/C11H21N/c1-8-5-9-3-4-11(12-2)7-10(9)6-8/h8-12H,3-7H2,1-2H3/t8-,9?,10?,11?/m0/s1. The van der Waals surface area contributed by atoms with Crippen molar-refractivity contribution in [1.82, 2.24) is 5.32 Å². The molecular weight excluding hydrogens is 146 g/mol. The van der Waals surface area contributed by atoms with E-state index in [9.17, 15) is 0 Å². The number of nitrogens with one attached hydrogen (secondary N) is 1. The third kappa shape index (κ3) is 1.52. The van der Waals surface area contributed by atoms with Gasteiger partial charge in [-0.05, 0) is 56.9 Å². The average Bonchev–Trinajstić information content (AvgIpc) is 2.43. The smallest absolute Gasteiger partial charge is 0.00669 e. The zero-order valence-corrected chi connectivity index (χ0v) is 8.34. The minimum absolute atomic E-state index is 0.830. The van der Waals surface area contributed by atoms with Crippen molar-refractivity contribution in [2.75, 3.05) is 7.05 Å². The number of fused-ring (bicyclic) bond motifs is 1. The molecule has 4 atom stereocenters. The second-order valence-corrected chi connectivity index (χ2v) is 4.90. The molecule has 2 fully saturated rings. The molecule has 0 radical (unpaired) electrons. The third-order valence-electron chi connectivity index (χ3n) is 3.96. The molecule has 2 saturated carbocycles. The summed E-state index contributed by atoms with van der Waals surface area (Å²) in [6.07, 6.45) is 7.38. The van der Waals surface area contributed by atoms with Crippen molar-refractivity contribution >= 4 is 0 Å². The van der Waals surface area contributed by atoms with Crippen molar-refractivity contribution in [2.24, 2.45) is 17.8 Å². The molecule has 0 aromatic rings. The summed E-state index contributed by atoms with van der Waals surface area (Å²) in [6, 6.07) is 0.830. The Hall–Kier alpha value is -0.0400. The molecule has 3 unspecified atom stereocenters. The van der Waals surface area contributed by atoms with Crippen LogP contribution in [0.25, 0.3) is 0 Å². The normalized spacial score (nSPS) is 47.5. The van der Waals surface area contributed by atoms with Crippen LogP contribution in [-0.4, -0.2) is 13.1 Å². The lowest BCUT2D eigenvalue weighted by Crippen LogP contribution is -2.33. The van der Waals surface area contributed by atoms with E-state index in [1.165, 1.54) is 32.1 Å². The largest absolute Gasteiger partial charge is 0.317 e. The molecule has 0 aromatic heterocycles. The second-order valence-electron chi connectivity index (χ2n) is 4.90. The lowest BCUT2D eigenvalue weighted by molar-refractivity contribution is 0.233. The molecular formula is C11H21N. The van der Waals surface area contributed by atoms with Crippen LogP contribution in [0.1, 0.15) is 39.0 Å². The van der Waals surface area contributed by atoms with Gasteiger partial charge in [-0.3, -0.25) is 0 Å². The predicted octanol–water partition coefficient (Wildman–Crippen LogP) is 2.42. The van der Waals surface area contributed by atoms with Crippen molar-refractivity contribution in [3.8, 4) is 0 Å². The second kappa shape index (κ2) is 3.37. The summed E-state index contributed by atoms with van der Waals surface area (Å²) in [7, 11) is 2.11. The van der Waals surface area contributed by atoms with Gasteiger partial charge in [0.05, 0.1) is 0 Å². The molecule has 0 heterocycles. The highest BCUT2D eigenvalue weighted by molar-refractivity contribution is 4.89. The Balaban J connectivity index is 1.93. The molecule has 1 heteroatoms. The third-order valence-corrected chi connectivity index (χ3v) is 3.96. The van der Waals surface area contributed by atoms with Crippen LogP contribution in [0.5, 0.6) is 0 Å². The molecule has 0 bridgehead atoms. The minimum atomic E-state index is 0.830. The first-order valence-electron chi connectivity index (χ1n) is 5.47. The fourth-order valence-corrected chi connectivity index (χ4v) is 3.32. The Morgan fingerprint density at radius 1 is 1.00 bits per heavy atom. The van der Waals surface area contributed by atoms with Crippen LogP contribution < -0.4 is 5.32 Å². The highest BCUT2D eigenvalue weighted by Crippen LogP contribution is 2.44. The Labute approximate surface area is 75.9 Å². The van der Waals surface area contributed by atoms with Gasteiger partial charge in [-0.2, -0.15) is 0 Å². The maximum Gasteiger partial charge on any atom is 0.00669 e. The van der Waals surface area contributed by atoms with Crippen LogP contribution in [0, 0.1) is 17.8 Å². The van der Waals surface area contributed by atoms with Crippen molar-refractivity contribution in [1.29, 1.82) is 0 Å². The molecule has 0 aromatic carbocycles. The highest BCUT2D eigenvalue weighted by Gasteiger charge is 2.36. The summed E-state index contributed by atoms with van der Waals surface area (Å²) in [5.41, 5.74) is 0. The summed E-state index contributed by atoms with van der Waals surface area (Å²) in [5, 5.41) is 3.43. The van der Waals surface area contributed by atoms with E-state index in [2.05, 4.69) is 19.3 Å². The topological polar surface area (TPSA) is 12.0 Å². The van der Waals surface area contributed by atoms with Crippen LogP contribution in [0.3, 0.4) is 0 Å². The molecule has 2 aliphatic rings. The number of hydrogen-bond acceptors (Lipinski definition) is 1. The first-order chi connectivity index (χ1) is 5.79. The summed E-state index contributed by atoms with van der Waals surface area (Å²) >= 11 is 0. The fraction of sp³-hybridized carbons (Fsp3) is 1.00. The summed E-state index contributed by atoms with van der Waals surface area (Å²) in [6.45, 7) is 2.42. The fourth-order valence-electron chi connectivity index (χ4n) is 3.32. The molecule has 0 aliphatic heterocycles. The Bertz CT molecular complexity index is 155. The van der Waals surface area contributed by atoms with Gasteiger partial charge in [0, 0.05) is 6.04 Å². The van der Waals surface area contributed by atoms with Gasteiger partial charge in [-0.15, -0.1) is 0 Å². The zero-order chi connectivity index (χ0) is 8.55. The van der Waals surface area contributed by atoms with Crippen LogP contribution >= 0.6 is 0 Å². The Morgan fingerprint density at radius 3 is 2.50 bits per heavy atom. The SMILES string of the molecule is CNC1CCC2C[C@H](C)CC2C1. The maximum atomic E-state index is 3.43. The first kappa shape index (κ1) is 8.55. The summed E-state index contributed by atoms with van der Waals surface area (Å²) in [5.74, 6) is 3.16. The van der Waals surface area contributed by atoms with Gasteiger partial charge >= 0.3 is 0 Å². The van der Waals surface area contributed by atoms with Gasteiger partial charge in [0.2, 0.25) is 0 Å². The van der Waals surface area contributed by atoms with E-state index in [0.717, 1.165) is 23.8 Å². The molecule has 70 valence electrons. The van der Waals surface area contributed by atoms with Gasteiger partial charge in [0.15, 0.2) is 0 Å². The molecule has 12 heavy (non-hydrogen) atoms. The van der Waals surface area contributed by atoms with Gasteiger partial charge in [0.25, 0.3) is 0 Å². The van der Waals surface area contributed by atoms with Crippen LogP contribution in [0.4, 0.5) is 0 Å². The molecule has 0 saturated heterocycles. The van der Waals surface area contributed by atoms with Crippen molar-refractivity contribution in [3.63, 3.8) is 0 Å². The van der Waals surface area contributed by atoms with E-state index in [1.54, 1.807) is 0 Å². The molecule has 1 N–H and O–H groups in total. The van der Waals surface area contributed by atoms with E-state index in [1.807, 2.05) is 0 Å². The minimum Gasteiger partial charge on any atom is -0.317 e. The van der Waals surface area contributed by atoms with E-state index in [-0.39, 0.29) is 0 Å². The molecule has 2 rings (SSSR count). The lowest BCUT2D eigenvalue weighted by atomic mass is 9.79. The van der Waals surface area contributed by atoms with Crippen molar-refractivity contribution < 1.29 is 0 Å². The van der Waals surface area contributed by atoms with E-state index < -0.39 is 0 Å². The van der Waals surface area contributed by atoms with Crippen LogP contribution in [0.15, 0.2) is 0 Å². The van der Waals surface area contributed by atoms with Crippen LogP contribution in [-0.2, 0) is 0 Å². The predicted molar refractivity (Wildman–Crippen MR) is 52.1 cm³/mol. The first-order valence-corrected chi connectivity index (χ1v) is 5.47. The molecule has 0 spiro atoms.